The highest BCUT2D eigenvalue weighted by Crippen LogP contribution is 2.14. The van der Waals surface area contributed by atoms with Crippen LogP contribution < -0.4 is 5.73 Å². The fourth-order valence-electron chi connectivity index (χ4n) is 1.57. The Morgan fingerprint density at radius 1 is 1.40 bits per heavy atom. The minimum absolute atomic E-state index is 0.0765. The third-order valence-electron chi connectivity index (χ3n) is 2.61. The van der Waals surface area contributed by atoms with Crippen LogP contribution in [0.5, 0.6) is 0 Å². The van der Waals surface area contributed by atoms with E-state index >= 15 is 0 Å². The van der Waals surface area contributed by atoms with Crippen LogP contribution in [0.2, 0.25) is 0 Å². The van der Waals surface area contributed by atoms with Gasteiger partial charge in [0.15, 0.2) is 0 Å². The SMILES string of the molecule is C=CCN(C(=O)C(CN)C(C)C)C(C)C. The third-order valence-corrected chi connectivity index (χ3v) is 2.61. The van der Waals surface area contributed by atoms with Crippen molar-refractivity contribution in [2.24, 2.45) is 17.6 Å². The first-order valence-corrected chi connectivity index (χ1v) is 5.57. The van der Waals surface area contributed by atoms with Gasteiger partial charge in [-0.05, 0) is 19.8 Å². The Morgan fingerprint density at radius 2 is 1.93 bits per heavy atom. The first kappa shape index (κ1) is 14.2. The molecule has 1 atom stereocenters. The van der Waals surface area contributed by atoms with E-state index in [1.54, 1.807) is 6.08 Å². The number of nitrogens with zero attached hydrogens (tertiary/aromatic N) is 1. The summed E-state index contributed by atoms with van der Waals surface area (Å²) in [5, 5.41) is 0. The van der Waals surface area contributed by atoms with Gasteiger partial charge >= 0.3 is 0 Å². The second kappa shape index (κ2) is 6.62. The Kier molecular flexibility index (Phi) is 6.25. The Morgan fingerprint density at radius 3 is 2.20 bits per heavy atom. The van der Waals surface area contributed by atoms with Gasteiger partial charge in [0.1, 0.15) is 0 Å². The van der Waals surface area contributed by atoms with Gasteiger partial charge in [-0.3, -0.25) is 4.79 Å². The summed E-state index contributed by atoms with van der Waals surface area (Å²) in [7, 11) is 0. The molecule has 0 spiro atoms. The van der Waals surface area contributed by atoms with Gasteiger partial charge in [0.05, 0.1) is 5.92 Å². The van der Waals surface area contributed by atoms with E-state index in [9.17, 15) is 4.79 Å². The second-order valence-corrected chi connectivity index (χ2v) is 4.46. The quantitative estimate of drug-likeness (QED) is 0.680. The second-order valence-electron chi connectivity index (χ2n) is 4.46. The average Bonchev–Trinajstić information content (AvgIpc) is 2.13. The topological polar surface area (TPSA) is 46.3 Å². The summed E-state index contributed by atoms with van der Waals surface area (Å²) in [6.07, 6.45) is 1.76. The highest BCUT2D eigenvalue weighted by molar-refractivity contribution is 5.79. The zero-order chi connectivity index (χ0) is 12.0. The van der Waals surface area contributed by atoms with Crippen molar-refractivity contribution in [3.63, 3.8) is 0 Å². The van der Waals surface area contributed by atoms with E-state index in [4.69, 9.17) is 5.73 Å². The van der Waals surface area contributed by atoms with E-state index in [1.165, 1.54) is 0 Å². The number of carbonyl (C=O) groups excluding carboxylic acids is 1. The number of hydrogen-bond donors (Lipinski definition) is 1. The van der Waals surface area contributed by atoms with Crippen molar-refractivity contribution in [2.75, 3.05) is 13.1 Å². The molecule has 0 bridgehead atoms. The molecule has 1 amide bonds. The predicted molar refractivity (Wildman–Crippen MR) is 64.4 cm³/mol. The van der Waals surface area contributed by atoms with Crippen LogP contribution in [-0.2, 0) is 4.79 Å². The highest BCUT2D eigenvalue weighted by Gasteiger charge is 2.26. The van der Waals surface area contributed by atoms with Gasteiger partial charge in [-0.2, -0.15) is 0 Å². The smallest absolute Gasteiger partial charge is 0.227 e. The summed E-state index contributed by atoms with van der Waals surface area (Å²) in [4.78, 5) is 14.0. The van der Waals surface area contributed by atoms with Gasteiger partial charge in [0.2, 0.25) is 5.91 Å². The maximum Gasteiger partial charge on any atom is 0.227 e. The van der Waals surface area contributed by atoms with Gasteiger partial charge in [-0.25, -0.2) is 0 Å². The molecule has 0 radical (unpaired) electrons. The van der Waals surface area contributed by atoms with Crippen LogP contribution in [0, 0.1) is 11.8 Å². The van der Waals surface area contributed by atoms with Crippen LogP contribution in [0.4, 0.5) is 0 Å². The predicted octanol–water partition coefficient (Wildman–Crippen LogP) is 1.64. The fourth-order valence-corrected chi connectivity index (χ4v) is 1.57. The minimum atomic E-state index is -0.0765. The summed E-state index contributed by atoms with van der Waals surface area (Å²) >= 11 is 0. The molecule has 2 N–H and O–H groups in total. The van der Waals surface area contributed by atoms with E-state index in [0.717, 1.165) is 0 Å². The largest absolute Gasteiger partial charge is 0.336 e. The lowest BCUT2D eigenvalue weighted by atomic mass is 9.94. The molecule has 0 fully saturated rings. The van der Waals surface area contributed by atoms with Gasteiger partial charge < -0.3 is 10.6 Å². The highest BCUT2D eigenvalue weighted by atomic mass is 16.2. The van der Waals surface area contributed by atoms with Crippen LogP contribution in [0.3, 0.4) is 0 Å². The number of carbonyl (C=O) groups is 1. The van der Waals surface area contributed by atoms with E-state index in [-0.39, 0.29) is 23.8 Å². The molecule has 0 aromatic rings. The molecule has 88 valence electrons. The lowest BCUT2D eigenvalue weighted by molar-refractivity contribution is -0.137. The Balaban J connectivity index is 4.66. The molecule has 3 heteroatoms. The molecule has 0 aliphatic carbocycles. The lowest BCUT2D eigenvalue weighted by Gasteiger charge is -2.30. The van der Waals surface area contributed by atoms with Crippen LogP contribution >= 0.6 is 0 Å². The monoisotopic (exact) mass is 212 g/mol. The van der Waals surface area contributed by atoms with Gasteiger partial charge in [-0.1, -0.05) is 19.9 Å². The average molecular weight is 212 g/mol. The zero-order valence-corrected chi connectivity index (χ0v) is 10.4. The van der Waals surface area contributed by atoms with Crippen molar-refractivity contribution in [1.82, 2.24) is 4.90 Å². The molecule has 1 unspecified atom stereocenters. The molecule has 15 heavy (non-hydrogen) atoms. The first-order valence-electron chi connectivity index (χ1n) is 5.57. The number of nitrogens with two attached hydrogens (primary N) is 1. The molecule has 0 saturated heterocycles. The molecule has 0 aliphatic rings. The van der Waals surface area contributed by atoms with Crippen LogP contribution in [-0.4, -0.2) is 29.9 Å². The number of amides is 1. The molecule has 3 nitrogen and oxygen atoms in total. The van der Waals surface area contributed by atoms with Crippen molar-refractivity contribution in [2.45, 2.75) is 33.7 Å². The molecule has 0 rings (SSSR count). The van der Waals surface area contributed by atoms with E-state index in [0.29, 0.717) is 13.1 Å². The maximum atomic E-state index is 12.1. The summed E-state index contributed by atoms with van der Waals surface area (Å²) in [5.41, 5.74) is 5.64. The summed E-state index contributed by atoms with van der Waals surface area (Å²) in [6, 6.07) is 0.197. The lowest BCUT2D eigenvalue weighted by Crippen LogP contribution is -2.44. The van der Waals surface area contributed by atoms with E-state index in [2.05, 4.69) is 6.58 Å². The summed E-state index contributed by atoms with van der Waals surface area (Å²) in [6.45, 7) is 12.8. The number of hydrogen-bond acceptors (Lipinski definition) is 2. The Labute approximate surface area is 93.3 Å². The summed E-state index contributed by atoms with van der Waals surface area (Å²) in [5.74, 6) is 0.350. The summed E-state index contributed by atoms with van der Waals surface area (Å²) < 4.78 is 0. The van der Waals surface area contributed by atoms with Crippen molar-refractivity contribution < 1.29 is 4.79 Å². The minimum Gasteiger partial charge on any atom is -0.336 e. The van der Waals surface area contributed by atoms with Gasteiger partial charge in [0, 0.05) is 19.1 Å². The third kappa shape index (κ3) is 4.04. The molecule has 0 aromatic heterocycles. The maximum absolute atomic E-state index is 12.1. The van der Waals surface area contributed by atoms with Crippen molar-refractivity contribution in [3.05, 3.63) is 12.7 Å². The van der Waals surface area contributed by atoms with Crippen LogP contribution in [0.15, 0.2) is 12.7 Å². The first-order chi connectivity index (χ1) is 6.95. The number of rotatable bonds is 6. The van der Waals surface area contributed by atoms with E-state index in [1.807, 2.05) is 32.6 Å². The molecule has 0 aromatic carbocycles. The van der Waals surface area contributed by atoms with Crippen LogP contribution in [0.25, 0.3) is 0 Å². The Hall–Kier alpha value is -0.830. The Bertz CT molecular complexity index is 212. The van der Waals surface area contributed by atoms with Crippen molar-refractivity contribution in [1.29, 1.82) is 0 Å². The zero-order valence-electron chi connectivity index (χ0n) is 10.4. The fraction of sp³-hybridized carbons (Fsp3) is 0.750. The van der Waals surface area contributed by atoms with Gasteiger partial charge in [-0.15, -0.1) is 6.58 Å². The normalized spacial score (nSPS) is 13.0. The molecular weight excluding hydrogens is 188 g/mol. The molecule has 0 heterocycles. The van der Waals surface area contributed by atoms with Gasteiger partial charge in [0.25, 0.3) is 0 Å². The van der Waals surface area contributed by atoms with E-state index < -0.39 is 0 Å². The van der Waals surface area contributed by atoms with Crippen LogP contribution in [0.1, 0.15) is 27.7 Å². The van der Waals surface area contributed by atoms with Crippen molar-refractivity contribution in [3.8, 4) is 0 Å². The standard InChI is InChI=1S/C12H24N2O/c1-6-7-14(10(4)5)12(15)11(8-13)9(2)3/h6,9-11H,1,7-8,13H2,2-5H3. The molecular formula is C12H24N2O. The molecule has 0 aliphatic heterocycles. The molecule has 0 saturated carbocycles. The van der Waals surface area contributed by atoms with Crippen molar-refractivity contribution >= 4 is 5.91 Å².